The highest BCUT2D eigenvalue weighted by Crippen LogP contribution is 2.38. The maximum absolute atomic E-state index is 12.4. The first kappa shape index (κ1) is 23.5. The highest BCUT2D eigenvalue weighted by Gasteiger charge is 2.24. The molecule has 0 radical (unpaired) electrons. The maximum atomic E-state index is 12.4. The quantitative estimate of drug-likeness (QED) is 0.210. The SMILES string of the molecule is COC(=O)c1cc([N+](=O)[O-])c(Nc2ccc(C#N)cc2)cc1Oc1ccc(/C=C/C#N)cc1C. The number of nitrogens with zero attached hydrogens (tertiary/aromatic N) is 3. The number of benzene rings is 3. The van der Waals surface area contributed by atoms with Crippen molar-refractivity contribution < 1.29 is 19.2 Å². The summed E-state index contributed by atoms with van der Waals surface area (Å²) in [6.07, 6.45) is 2.99. The van der Waals surface area contributed by atoms with Crippen LogP contribution in [-0.4, -0.2) is 18.0 Å². The van der Waals surface area contributed by atoms with Gasteiger partial charge in [-0.1, -0.05) is 6.07 Å². The number of nitrogens with one attached hydrogen (secondary N) is 1. The van der Waals surface area contributed by atoms with Gasteiger partial charge >= 0.3 is 5.97 Å². The van der Waals surface area contributed by atoms with Gasteiger partial charge in [0.25, 0.3) is 5.69 Å². The minimum Gasteiger partial charge on any atom is -0.465 e. The van der Waals surface area contributed by atoms with Gasteiger partial charge in [-0.2, -0.15) is 10.5 Å². The number of ether oxygens (including phenoxy) is 2. The van der Waals surface area contributed by atoms with Crippen molar-refractivity contribution in [3.8, 4) is 23.6 Å². The van der Waals surface area contributed by atoms with Crippen LogP contribution >= 0.6 is 0 Å². The topological polar surface area (TPSA) is 138 Å². The summed E-state index contributed by atoms with van der Waals surface area (Å²) in [5.41, 5.74) is 2.06. The Labute approximate surface area is 195 Å². The molecule has 1 N–H and O–H groups in total. The molecule has 0 saturated heterocycles. The molecule has 168 valence electrons. The molecular formula is C25H18N4O5. The monoisotopic (exact) mass is 454 g/mol. The summed E-state index contributed by atoms with van der Waals surface area (Å²) in [4.78, 5) is 23.5. The van der Waals surface area contributed by atoms with Gasteiger partial charge in [-0.15, -0.1) is 0 Å². The van der Waals surface area contributed by atoms with Crippen molar-refractivity contribution in [1.29, 1.82) is 10.5 Å². The molecule has 0 aliphatic heterocycles. The van der Waals surface area contributed by atoms with Crippen LogP contribution in [0.1, 0.15) is 27.0 Å². The van der Waals surface area contributed by atoms with Crippen molar-refractivity contribution >= 4 is 29.1 Å². The Morgan fingerprint density at radius 2 is 1.82 bits per heavy atom. The summed E-state index contributed by atoms with van der Waals surface area (Å²) in [6, 6.07) is 17.9. The van der Waals surface area contributed by atoms with Gasteiger partial charge in [-0.3, -0.25) is 10.1 Å². The molecule has 0 bridgehead atoms. The molecule has 0 unspecified atom stereocenters. The van der Waals surface area contributed by atoms with Crippen molar-refractivity contribution in [3.63, 3.8) is 0 Å². The number of nitriles is 2. The van der Waals surface area contributed by atoms with E-state index in [0.29, 0.717) is 17.0 Å². The zero-order valence-corrected chi connectivity index (χ0v) is 18.2. The lowest BCUT2D eigenvalue weighted by atomic mass is 10.1. The molecule has 0 aliphatic carbocycles. The van der Waals surface area contributed by atoms with E-state index in [-0.39, 0.29) is 22.7 Å². The van der Waals surface area contributed by atoms with Gasteiger partial charge in [0.05, 0.1) is 29.7 Å². The van der Waals surface area contributed by atoms with Crippen molar-refractivity contribution in [2.45, 2.75) is 6.92 Å². The first-order valence-corrected chi connectivity index (χ1v) is 9.89. The van der Waals surface area contributed by atoms with Gasteiger partial charge in [-0.25, -0.2) is 4.79 Å². The highest BCUT2D eigenvalue weighted by atomic mass is 16.6. The minimum atomic E-state index is -0.797. The second-order valence-corrected chi connectivity index (χ2v) is 7.02. The second kappa shape index (κ2) is 10.4. The molecule has 0 aromatic heterocycles. The van der Waals surface area contributed by atoms with E-state index in [2.05, 4.69) is 5.32 Å². The Hall–Kier alpha value is -5.15. The summed E-state index contributed by atoms with van der Waals surface area (Å²) in [7, 11) is 1.17. The number of nitro groups is 1. The van der Waals surface area contributed by atoms with Crippen LogP contribution in [-0.2, 0) is 4.74 Å². The third-order valence-electron chi connectivity index (χ3n) is 4.76. The maximum Gasteiger partial charge on any atom is 0.341 e. The fourth-order valence-electron chi connectivity index (χ4n) is 3.10. The fourth-order valence-corrected chi connectivity index (χ4v) is 3.10. The lowest BCUT2D eigenvalue weighted by Crippen LogP contribution is -2.07. The normalized spacial score (nSPS) is 10.2. The Bertz CT molecular complexity index is 1370. The van der Waals surface area contributed by atoms with E-state index in [4.69, 9.17) is 20.0 Å². The number of carbonyl (C=O) groups is 1. The van der Waals surface area contributed by atoms with E-state index < -0.39 is 10.9 Å². The predicted octanol–water partition coefficient (Wildman–Crippen LogP) is 5.63. The number of rotatable bonds is 7. The number of allylic oxidation sites excluding steroid dienone is 1. The van der Waals surface area contributed by atoms with Gasteiger partial charge in [0.15, 0.2) is 0 Å². The van der Waals surface area contributed by atoms with E-state index in [9.17, 15) is 14.9 Å². The number of carbonyl (C=O) groups excluding carboxylic acids is 1. The number of hydrogen-bond donors (Lipinski definition) is 1. The van der Waals surface area contributed by atoms with Crippen LogP contribution in [0.2, 0.25) is 0 Å². The number of anilines is 2. The summed E-state index contributed by atoms with van der Waals surface area (Å²) in [5, 5.41) is 32.3. The van der Waals surface area contributed by atoms with Crippen LogP contribution < -0.4 is 10.1 Å². The third-order valence-corrected chi connectivity index (χ3v) is 4.76. The Kier molecular flexibility index (Phi) is 7.22. The van der Waals surface area contributed by atoms with Crippen molar-refractivity contribution in [2.75, 3.05) is 12.4 Å². The standard InChI is InChI=1S/C25H18N4O5/c1-16-12-17(4-3-11-26)7-10-23(16)34-24-14-21(28-19-8-5-18(15-27)6-9-19)22(29(31)32)13-20(24)25(30)33-2/h3-10,12-14,28H,1-2H3/b4-3+. The molecule has 0 spiro atoms. The van der Waals surface area contributed by atoms with E-state index in [1.807, 2.05) is 12.1 Å². The lowest BCUT2D eigenvalue weighted by molar-refractivity contribution is -0.384. The van der Waals surface area contributed by atoms with Crippen molar-refractivity contribution in [3.05, 3.63) is 93.0 Å². The number of methoxy groups -OCH3 is 1. The molecule has 3 aromatic rings. The molecule has 34 heavy (non-hydrogen) atoms. The Morgan fingerprint density at radius 1 is 1.09 bits per heavy atom. The molecule has 9 nitrogen and oxygen atoms in total. The van der Waals surface area contributed by atoms with Crippen LogP contribution in [0.5, 0.6) is 11.5 Å². The van der Waals surface area contributed by atoms with Crippen molar-refractivity contribution in [2.24, 2.45) is 0 Å². The first-order valence-electron chi connectivity index (χ1n) is 9.89. The molecule has 0 atom stereocenters. The molecule has 0 amide bonds. The Morgan fingerprint density at radius 3 is 2.41 bits per heavy atom. The van der Waals surface area contributed by atoms with Gasteiger partial charge < -0.3 is 14.8 Å². The summed E-state index contributed by atoms with van der Waals surface area (Å²) in [5.74, 6) is -0.330. The summed E-state index contributed by atoms with van der Waals surface area (Å²) >= 11 is 0. The average Bonchev–Trinajstić information content (AvgIpc) is 2.84. The average molecular weight is 454 g/mol. The largest absolute Gasteiger partial charge is 0.465 e. The molecular weight excluding hydrogens is 436 g/mol. The molecule has 0 fully saturated rings. The number of nitro benzene ring substituents is 1. The first-order chi connectivity index (χ1) is 16.4. The third kappa shape index (κ3) is 5.36. The highest BCUT2D eigenvalue weighted by molar-refractivity contribution is 5.95. The van der Waals surface area contributed by atoms with E-state index in [0.717, 1.165) is 17.2 Å². The van der Waals surface area contributed by atoms with Gasteiger partial charge in [0.2, 0.25) is 0 Å². The zero-order valence-electron chi connectivity index (χ0n) is 18.2. The lowest BCUT2D eigenvalue weighted by Gasteiger charge is -2.15. The fraction of sp³-hybridized carbons (Fsp3) is 0.0800. The van der Waals surface area contributed by atoms with Gasteiger partial charge in [-0.05, 0) is 60.5 Å². The van der Waals surface area contributed by atoms with Crippen LogP contribution in [0.25, 0.3) is 6.08 Å². The zero-order chi connectivity index (χ0) is 24.7. The molecule has 0 saturated carbocycles. The number of hydrogen-bond acceptors (Lipinski definition) is 8. The molecule has 0 heterocycles. The van der Waals surface area contributed by atoms with Crippen LogP contribution in [0.4, 0.5) is 17.1 Å². The van der Waals surface area contributed by atoms with Crippen LogP contribution in [0, 0.1) is 39.7 Å². The predicted molar refractivity (Wildman–Crippen MR) is 125 cm³/mol. The summed E-state index contributed by atoms with van der Waals surface area (Å²) < 4.78 is 10.8. The van der Waals surface area contributed by atoms with Gasteiger partial charge in [0, 0.05) is 23.9 Å². The molecule has 9 heteroatoms. The van der Waals surface area contributed by atoms with E-state index >= 15 is 0 Å². The number of esters is 1. The van der Waals surface area contributed by atoms with E-state index in [1.54, 1.807) is 55.5 Å². The summed E-state index contributed by atoms with van der Waals surface area (Å²) in [6.45, 7) is 1.79. The second-order valence-electron chi connectivity index (χ2n) is 7.02. The minimum absolute atomic E-state index is 0.0528. The molecule has 0 aliphatic rings. The van der Waals surface area contributed by atoms with Crippen molar-refractivity contribution in [1.82, 2.24) is 0 Å². The Balaban J connectivity index is 2.07. The molecule has 3 aromatic carbocycles. The smallest absolute Gasteiger partial charge is 0.341 e. The number of aryl methyl sites for hydroxylation is 1. The van der Waals surface area contributed by atoms with Gasteiger partial charge in [0.1, 0.15) is 22.7 Å². The molecule has 3 rings (SSSR count). The van der Waals surface area contributed by atoms with E-state index in [1.165, 1.54) is 19.3 Å². The van der Waals surface area contributed by atoms with Crippen LogP contribution in [0.3, 0.4) is 0 Å². The van der Waals surface area contributed by atoms with Crippen LogP contribution in [0.15, 0.2) is 60.7 Å².